The lowest BCUT2D eigenvalue weighted by Crippen LogP contribution is -2.13. The van der Waals surface area contributed by atoms with Gasteiger partial charge in [-0.1, -0.05) is 0 Å². The third-order valence-electron chi connectivity index (χ3n) is 2.55. The van der Waals surface area contributed by atoms with Gasteiger partial charge in [0.15, 0.2) is 5.78 Å². The number of methoxy groups -OCH3 is 1. The topological polar surface area (TPSA) is 26.3 Å². The second-order valence-electron chi connectivity index (χ2n) is 3.33. The Hall–Kier alpha value is -0.960. The summed E-state index contributed by atoms with van der Waals surface area (Å²) in [6, 6.07) is 3.76. The zero-order valence-corrected chi connectivity index (χ0v) is 9.11. The smallest absolute Gasteiger partial charge is 0.173 e. The Kier molecular flexibility index (Phi) is 2.50. The summed E-state index contributed by atoms with van der Waals surface area (Å²) in [5, 5.41) is 0. The maximum absolute atomic E-state index is 11.6. The Morgan fingerprint density at radius 3 is 2.86 bits per heavy atom. The van der Waals surface area contributed by atoms with E-state index in [-0.39, 0.29) is 5.78 Å². The monoisotopic (exact) mass is 208 g/mol. The number of ether oxygens (including phenoxy) is 1. The number of ketones is 1. The molecule has 0 amide bonds. The highest BCUT2D eigenvalue weighted by atomic mass is 32.2. The molecule has 0 atom stereocenters. The molecular weight excluding hydrogens is 196 g/mol. The number of Topliss-reactive ketones (excluding diaryl/α,β-unsaturated/α-hetero) is 1. The van der Waals surface area contributed by atoms with Crippen molar-refractivity contribution in [1.82, 2.24) is 0 Å². The van der Waals surface area contributed by atoms with Gasteiger partial charge in [0.1, 0.15) is 5.75 Å². The summed E-state index contributed by atoms with van der Waals surface area (Å²) in [4.78, 5) is 11.6. The summed E-state index contributed by atoms with van der Waals surface area (Å²) in [6.45, 7) is 2.01. The van der Waals surface area contributed by atoms with Crippen molar-refractivity contribution in [3.8, 4) is 5.75 Å². The molecule has 0 radical (unpaired) electrons. The van der Waals surface area contributed by atoms with E-state index in [1.54, 1.807) is 18.9 Å². The van der Waals surface area contributed by atoms with E-state index < -0.39 is 0 Å². The van der Waals surface area contributed by atoms with Crippen LogP contribution in [0.15, 0.2) is 12.1 Å². The fourth-order valence-electron chi connectivity index (χ4n) is 1.73. The van der Waals surface area contributed by atoms with Gasteiger partial charge in [0.2, 0.25) is 0 Å². The third kappa shape index (κ3) is 1.42. The van der Waals surface area contributed by atoms with Gasteiger partial charge in [0, 0.05) is 11.3 Å². The molecule has 1 aromatic carbocycles. The van der Waals surface area contributed by atoms with Crippen LogP contribution in [0.2, 0.25) is 0 Å². The van der Waals surface area contributed by atoms with Gasteiger partial charge < -0.3 is 4.74 Å². The number of hydrogen-bond donors (Lipinski definition) is 0. The second-order valence-corrected chi connectivity index (χ2v) is 4.32. The third-order valence-corrected chi connectivity index (χ3v) is 3.51. The van der Waals surface area contributed by atoms with E-state index in [1.165, 1.54) is 0 Å². The predicted octanol–water partition coefficient (Wildman–Crippen LogP) is 2.43. The minimum absolute atomic E-state index is 0.238. The molecule has 0 aliphatic carbocycles. The molecule has 0 N–H and O–H groups in total. The van der Waals surface area contributed by atoms with Crippen molar-refractivity contribution in [2.75, 3.05) is 12.9 Å². The molecule has 2 rings (SSSR count). The zero-order chi connectivity index (χ0) is 10.1. The van der Waals surface area contributed by atoms with Crippen molar-refractivity contribution >= 4 is 17.5 Å². The van der Waals surface area contributed by atoms with Crippen molar-refractivity contribution in [2.45, 2.75) is 12.7 Å². The van der Waals surface area contributed by atoms with E-state index in [9.17, 15) is 4.79 Å². The molecule has 1 heterocycles. The molecule has 2 nitrogen and oxygen atoms in total. The molecule has 1 aliphatic heterocycles. The van der Waals surface area contributed by atoms with E-state index in [4.69, 9.17) is 4.74 Å². The van der Waals surface area contributed by atoms with Crippen LogP contribution in [-0.2, 0) is 5.75 Å². The van der Waals surface area contributed by atoms with Gasteiger partial charge >= 0.3 is 0 Å². The van der Waals surface area contributed by atoms with Gasteiger partial charge in [-0.15, -0.1) is 11.8 Å². The fraction of sp³-hybridized carbons (Fsp3) is 0.364. The standard InChI is InChI=1S/C11H12O2S/c1-7-9-5-14-6-10(12)8(9)3-4-11(7)13-2/h3-4H,5-6H2,1-2H3. The molecule has 0 saturated carbocycles. The number of fused-ring (bicyclic) bond motifs is 1. The molecule has 0 unspecified atom stereocenters. The van der Waals surface area contributed by atoms with E-state index in [0.717, 1.165) is 28.2 Å². The van der Waals surface area contributed by atoms with Crippen LogP contribution < -0.4 is 4.74 Å². The van der Waals surface area contributed by atoms with Crippen molar-refractivity contribution in [3.63, 3.8) is 0 Å². The summed E-state index contributed by atoms with van der Waals surface area (Å²) in [7, 11) is 1.66. The fourth-order valence-corrected chi connectivity index (χ4v) is 2.75. The number of rotatable bonds is 1. The Labute approximate surface area is 87.6 Å². The Bertz CT molecular complexity index is 385. The molecule has 0 bridgehead atoms. The molecule has 3 heteroatoms. The highest BCUT2D eigenvalue weighted by Gasteiger charge is 2.20. The van der Waals surface area contributed by atoms with Crippen molar-refractivity contribution in [2.24, 2.45) is 0 Å². The predicted molar refractivity (Wildman–Crippen MR) is 58.2 cm³/mol. The normalized spacial score (nSPS) is 15.1. The molecule has 0 saturated heterocycles. The van der Waals surface area contributed by atoms with Gasteiger partial charge in [-0.25, -0.2) is 0 Å². The highest BCUT2D eigenvalue weighted by molar-refractivity contribution is 7.99. The zero-order valence-electron chi connectivity index (χ0n) is 8.29. The first kappa shape index (κ1) is 9.59. The number of thioether (sulfide) groups is 1. The maximum Gasteiger partial charge on any atom is 0.173 e. The van der Waals surface area contributed by atoms with Gasteiger partial charge in [-0.2, -0.15) is 0 Å². The van der Waals surface area contributed by atoms with Crippen LogP contribution >= 0.6 is 11.8 Å². The van der Waals surface area contributed by atoms with E-state index in [0.29, 0.717) is 5.75 Å². The lowest BCUT2D eigenvalue weighted by atomic mass is 9.99. The Morgan fingerprint density at radius 1 is 1.36 bits per heavy atom. The van der Waals surface area contributed by atoms with Crippen molar-refractivity contribution in [3.05, 3.63) is 28.8 Å². The quantitative estimate of drug-likeness (QED) is 0.709. The summed E-state index contributed by atoms with van der Waals surface area (Å²) in [5.41, 5.74) is 3.12. The number of hydrogen-bond acceptors (Lipinski definition) is 3. The lowest BCUT2D eigenvalue weighted by molar-refractivity contribution is 0.102. The summed E-state index contributed by atoms with van der Waals surface area (Å²) in [5.74, 6) is 2.64. The average molecular weight is 208 g/mol. The molecule has 0 spiro atoms. The molecule has 74 valence electrons. The summed E-state index contributed by atoms with van der Waals surface area (Å²) >= 11 is 1.67. The SMILES string of the molecule is COc1ccc2c(c1C)CSCC2=O. The molecule has 1 aromatic rings. The molecular formula is C11H12O2S. The van der Waals surface area contributed by atoms with Crippen LogP contribution in [0.4, 0.5) is 0 Å². The first-order valence-electron chi connectivity index (χ1n) is 4.51. The Morgan fingerprint density at radius 2 is 2.14 bits per heavy atom. The summed E-state index contributed by atoms with van der Waals surface area (Å²) in [6.07, 6.45) is 0. The largest absolute Gasteiger partial charge is 0.496 e. The van der Waals surface area contributed by atoms with Crippen molar-refractivity contribution < 1.29 is 9.53 Å². The minimum Gasteiger partial charge on any atom is -0.496 e. The van der Waals surface area contributed by atoms with E-state index in [1.807, 2.05) is 19.1 Å². The molecule has 14 heavy (non-hydrogen) atoms. The van der Waals surface area contributed by atoms with Crippen LogP contribution in [0.25, 0.3) is 0 Å². The van der Waals surface area contributed by atoms with Crippen LogP contribution in [0.5, 0.6) is 5.75 Å². The number of carbonyl (C=O) groups excluding carboxylic acids is 1. The van der Waals surface area contributed by atoms with Crippen LogP contribution in [-0.4, -0.2) is 18.6 Å². The first-order chi connectivity index (χ1) is 6.74. The van der Waals surface area contributed by atoms with Gasteiger partial charge in [0.05, 0.1) is 12.9 Å². The second kappa shape index (κ2) is 3.65. The van der Waals surface area contributed by atoms with Crippen molar-refractivity contribution in [1.29, 1.82) is 0 Å². The highest BCUT2D eigenvalue weighted by Crippen LogP contribution is 2.32. The first-order valence-corrected chi connectivity index (χ1v) is 5.67. The van der Waals surface area contributed by atoms with Gasteiger partial charge in [0.25, 0.3) is 0 Å². The Balaban J connectivity index is 2.57. The lowest BCUT2D eigenvalue weighted by Gasteiger charge is -2.18. The molecule has 1 aliphatic rings. The van der Waals surface area contributed by atoms with Crippen LogP contribution in [0, 0.1) is 6.92 Å². The number of carbonyl (C=O) groups is 1. The van der Waals surface area contributed by atoms with Gasteiger partial charge in [-0.05, 0) is 30.2 Å². The summed E-state index contributed by atoms with van der Waals surface area (Å²) < 4.78 is 5.23. The minimum atomic E-state index is 0.238. The maximum atomic E-state index is 11.6. The van der Waals surface area contributed by atoms with Crippen LogP contribution in [0.3, 0.4) is 0 Å². The van der Waals surface area contributed by atoms with E-state index >= 15 is 0 Å². The average Bonchev–Trinajstić information content (AvgIpc) is 2.20. The molecule has 0 fully saturated rings. The van der Waals surface area contributed by atoms with Gasteiger partial charge in [-0.3, -0.25) is 4.79 Å². The van der Waals surface area contributed by atoms with E-state index in [2.05, 4.69) is 0 Å². The van der Waals surface area contributed by atoms with Crippen LogP contribution in [0.1, 0.15) is 21.5 Å². The molecule has 0 aromatic heterocycles. The number of benzene rings is 1.